The van der Waals surface area contributed by atoms with Crippen LogP contribution < -0.4 is 5.84 Å². The van der Waals surface area contributed by atoms with Gasteiger partial charge < -0.3 is 4.90 Å². The quantitative estimate of drug-likeness (QED) is 0.566. The number of rotatable bonds is 1. The molecule has 0 aromatic heterocycles. The normalized spacial score (nSPS) is 38.0. The Morgan fingerprint density at radius 2 is 1.58 bits per heavy atom. The molecule has 0 bridgehead atoms. The molecule has 2 aliphatic rings. The molecular weight excluding hydrogens is 150 g/mol. The van der Waals surface area contributed by atoms with Crippen LogP contribution in [0.4, 0.5) is 0 Å². The molecule has 0 radical (unpaired) electrons. The minimum Gasteiger partial charge on any atom is -0.300 e. The van der Waals surface area contributed by atoms with Gasteiger partial charge in [0.1, 0.15) is 0 Å². The molecule has 2 rings (SSSR count). The highest BCUT2D eigenvalue weighted by atomic mass is 15.4. The molecule has 2 aliphatic heterocycles. The minimum atomic E-state index is 0.710. The average molecular weight is 169 g/mol. The van der Waals surface area contributed by atoms with Crippen LogP contribution in [0.3, 0.4) is 0 Å². The molecule has 2 fully saturated rings. The van der Waals surface area contributed by atoms with Gasteiger partial charge >= 0.3 is 0 Å². The summed E-state index contributed by atoms with van der Waals surface area (Å²) >= 11 is 0. The maximum absolute atomic E-state index is 5.76. The first-order chi connectivity index (χ1) is 5.66. The van der Waals surface area contributed by atoms with Gasteiger partial charge in [-0.2, -0.15) is 0 Å². The van der Waals surface area contributed by atoms with E-state index in [2.05, 4.69) is 18.7 Å². The summed E-state index contributed by atoms with van der Waals surface area (Å²) in [5.41, 5.74) is 0. The van der Waals surface area contributed by atoms with Crippen molar-refractivity contribution >= 4 is 0 Å². The average Bonchev–Trinajstić information content (AvgIpc) is 2.42. The Morgan fingerprint density at radius 3 is 2.00 bits per heavy atom. The fourth-order valence-electron chi connectivity index (χ4n) is 2.49. The van der Waals surface area contributed by atoms with Gasteiger partial charge in [-0.25, -0.2) is 5.01 Å². The van der Waals surface area contributed by atoms with E-state index in [0.717, 1.165) is 24.9 Å². The van der Waals surface area contributed by atoms with Crippen LogP contribution in [0, 0.1) is 11.8 Å². The predicted octanol–water partition coefficient (Wildman–Crippen LogP) is 0.132. The van der Waals surface area contributed by atoms with Gasteiger partial charge in [0.05, 0.1) is 0 Å². The van der Waals surface area contributed by atoms with E-state index in [4.69, 9.17) is 5.84 Å². The summed E-state index contributed by atoms with van der Waals surface area (Å²) in [6.45, 7) is 9.29. The number of hydrogen-bond donors (Lipinski definition) is 1. The third-order valence-electron chi connectivity index (χ3n) is 3.27. The summed E-state index contributed by atoms with van der Waals surface area (Å²) in [7, 11) is 0. The van der Waals surface area contributed by atoms with Crippen LogP contribution in [-0.4, -0.2) is 42.1 Å². The van der Waals surface area contributed by atoms with E-state index in [-0.39, 0.29) is 0 Å². The zero-order chi connectivity index (χ0) is 8.72. The molecule has 0 aromatic rings. The molecule has 2 N–H and O–H groups in total. The molecule has 70 valence electrons. The molecule has 12 heavy (non-hydrogen) atoms. The lowest BCUT2D eigenvalue weighted by atomic mass is 10.0. The number of likely N-dealkylation sites (tertiary alicyclic amines) is 1. The molecule has 3 heteroatoms. The van der Waals surface area contributed by atoms with E-state index in [1.165, 1.54) is 13.1 Å². The van der Waals surface area contributed by atoms with Crippen molar-refractivity contribution in [1.29, 1.82) is 0 Å². The number of nitrogens with zero attached hydrogens (tertiary/aromatic N) is 2. The van der Waals surface area contributed by atoms with E-state index in [0.29, 0.717) is 6.04 Å². The molecule has 0 spiro atoms. The Labute approximate surface area is 74.5 Å². The van der Waals surface area contributed by atoms with Crippen LogP contribution in [0.1, 0.15) is 13.8 Å². The first-order valence-corrected chi connectivity index (χ1v) is 4.90. The Bertz CT molecular complexity index is 155. The maximum atomic E-state index is 5.76. The van der Waals surface area contributed by atoms with Gasteiger partial charge in [-0.05, 0) is 25.7 Å². The lowest BCUT2D eigenvalue weighted by Gasteiger charge is -2.22. The van der Waals surface area contributed by atoms with Gasteiger partial charge in [-0.1, -0.05) is 0 Å². The van der Waals surface area contributed by atoms with Crippen molar-refractivity contribution in [2.45, 2.75) is 19.9 Å². The summed E-state index contributed by atoms with van der Waals surface area (Å²) < 4.78 is 0. The lowest BCUT2D eigenvalue weighted by molar-refractivity contribution is 0.225. The van der Waals surface area contributed by atoms with Crippen molar-refractivity contribution in [1.82, 2.24) is 9.91 Å². The molecule has 0 aromatic carbocycles. The molecule has 0 amide bonds. The number of fused-ring (bicyclic) bond motifs is 1. The van der Waals surface area contributed by atoms with Gasteiger partial charge in [0, 0.05) is 32.2 Å². The van der Waals surface area contributed by atoms with E-state index < -0.39 is 0 Å². The second-order valence-corrected chi connectivity index (χ2v) is 4.52. The van der Waals surface area contributed by atoms with Crippen LogP contribution in [0.5, 0.6) is 0 Å². The summed E-state index contributed by atoms with van der Waals surface area (Å²) in [5, 5.41) is 1.98. The van der Waals surface area contributed by atoms with Crippen LogP contribution in [0.15, 0.2) is 0 Å². The summed E-state index contributed by atoms with van der Waals surface area (Å²) in [6, 6.07) is 0.710. The topological polar surface area (TPSA) is 32.5 Å². The number of nitrogens with two attached hydrogens (primary N) is 1. The fraction of sp³-hybridized carbons (Fsp3) is 1.00. The van der Waals surface area contributed by atoms with Crippen LogP contribution in [0.2, 0.25) is 0 Å². The second-order valence-electron chi connectivity index (χ2n) is 4.52. The molecule has 2 heterocycles. The van der Waals surface area contributed by atoms with Crippen LogP contribution >= 0.6 is 0 Å². The fourth-order valence-corrected chi connectivity index (χ4v) is 2.49. The van der Waals surface area contributed by atoms with Crippen molar-refractivity contribution in [3.8, 4) is 0 Å². The second kappa shape index (κ2) is 2.98. The molecular formula is C9H19N3. The third kappa shape index (κ3) is 1.37. The first-order valence-electron chi connectivity index (χ1n) is 4.90. The van der Waals surface area contributed by atoms with Gasteiger partial charge in [0.2, 0.25) is 0 Å². The van der Waals surface area contributed by atoms with Crippen molar-refractivity contribution in [3.63, 3.8) is 0 Å². The predicted molar refractivity (Wildman–Crippen MR) is 49.4 cm³/mol. The largest absolute Gasteiger partial charge is 0.300 e. The van der Waals surface area contributed by atoms with E-state index in [9.17, 15) is 0 Å². The van der Waals surface area contributed by atoms with E-state index in [1.807, 2.05) is 5.01 Å². The monoisotopic (exact) mass is 169 g/mol. The van der Waals surface area contributed by atoms with Crippen molar-refractivity contribution in [3.05, 3.63) is 0 Å². The van der Waals surface area contributed by atoms with Crippen molar-refractivity contribution < 1.29 is 0 Å². The highest BCUT2D eigenvalue weighted by Gasteiger charge is 2.39. The smallest absolute Gasteiger partial charge is 0.0172 e. The Morgan fingerprint density at radius 1 is 1.08 bits per heavy atom. The maximum Gasteiger partial charge on any atom is 0.0172 e. The van der Waals surface area contributed by atoms with Crippen LogP contribution in [-0.2, 0) is 0 Å². The van der Waals surface area contributed by atoms with Gasteiger partial charge in [0.15, 0.2) is 0 Å². The molecule has 0 saturated carbocycles. The molecule has 0 aliphatic carbocycles. The summed E-state index contributed by atoms with van der Waals surface area (Å²) in [4.78, 5) is 2.57. The molecule has 3 nitrogen and oxygen atoms in total. The van der Waals surface area contributed by atoms with Crippen molar-refractivity contribution in [2.24, 2.45) is 17.7 Å². The number of hydrazine groups is 1. The first kappa shape index (κ1) is 8.48. The molecule has 2 atom stereocenters. The minimum absolute atomic E-state index is 0.710. The Hall–Kier alpha value is -0.120. The van der Waals surface area contributed by atoms with Gasteiger partial charge in [-0.3, -0.25) is 5.84 Å². The summed E-state index contributed by atoms with van der Waals surface area (Å²) in [5.74, 6) is 7.45. The van der Waals surface area contributed by atoms with E-state index >= 15 is 0 Å². The Balaban J connectivity index is 1.93. The zero-order valence-electron chi connectivity index (χ0n) is 8.03. The summed E-state index contributed by atoms with van der Waals surface area (Å²) in [6.07, 6.45) is 0. The third-order valence-corrected chi connectivity index (χ3v) is 3.27. The van der Waals surface area contributed by atoms with Crippen molar-refractivity contribution in [2.75, 3.05) is 26.2 Å². The number of hydrogen-bond acceptors (Lipinski definition) is 3. The van der Waals surface area contributed by atoms with E-state index in [1.54, 1.807) is 0 Å². The Kier molecular flexibility index (Phi) is 2.10. The highest BCUT2D eigenvalue weighted by molar-refractivity contribution is 4.92. The van der Waals surface area contributed by atoms with Gasteiger partial charge in [-0.15, -0.1) is 0 Å². The molecule has 2 saturated heterocycles. The van der Waals surface area contributed by atoms with Gasteiger partial charge in [0.25, 0.3) is 0 Å². The lowest BCUT2D eigenvalue weighted by Crippen LogP contribution is -2.35. The SMILES string of the molecule is CC(C)N1C[C@H]2CN(N)C[C@H]2C1. The molecule has 0 unspecified atom stereocenters. The van der Waals surface area contributed by atoms with Crippen LogP contribution in [0.25, 0.3) is 0 Å². The zero-order valence-corrected chi connectivity index (χ0v) is 8.03. The standard InChI is InChI=1S/C9H19N3/c1-7(2)11-3-8-5-12(10)6-9(8)4-11/h7-9H,3-6,10H2,1-2H3/t8-,9+. The highest BCUT2D eigenvalue weighted by Crippen LogP contribution is 2.30.